The number of likely N-dealkylation sites (tertiary alicyclic amines) is 1. The minimum absolute atomic E-state index is 0.0285. The van der Waals surface area contributed by atoms with Crippen molar-refractivity contribution in [2.24, 2.45) is 0 Å². The van der Waals surface area contributed by atoms with Crippen molar-refractivity contribution in [3.8, 4) is 0 Å². The number of amides is 4. The molecule has 0 aromatic heterocycles. The number of rotatable bonds is 2. The van der Waals surface area contributed by atoms with Gasteiger partial charge in [0.2, 0.25) is 5.91 Å². The van der Waals surface area contributed by atoms with E-state index in [2.05, 4.69) is 21.2 Å². The number of nitrogens with zero attached hydrogens (tertiary/aromatic N) is 2. The van der Waals surface area contributed by atoms with Crippen molar-refractivity contribution >= 4 is 45.4 Å². The number of urea groups is 1. The third-order valence-corrected chi connectivity index (χ3v) is 4.68. The van der Waals surface area contributed by atoms with Gasteiger partial charge in [-0.3, -0.25) is 14.5 Å². The van der Waals surface area contributed by atoms with Crippen LogP contribution in [0.25, 0.3) is 0 Å². The number of carbonyl (C=O) groups excluding carboxylic acids is 3. The Morgan fingerprint density at radius 2 is 2.14 bits per heavy atom. The normalized spacial score (nSPS) is 21.5. The Morgan fingerprint density at radius 1 is 1.36 bits per heavy atom. The summed E-state index contributed by atoms with van der Waals surface area (Å²) in [6.07, 6.45) is 0.580. The number of hydrogen-bond acceptors (Lipinski definition) is 3. The fraction of sp³-hybridized carbons (Fsp3) is 0.357. The van der Waals surface area contributed by atoms with Gasteiger partial charge >= 0.3 is 6.03 Å². The van der Waals surface area contributed by atoms with Gasteiger partial charge < -0.3 is 10.2 Å². The lowest BCUT2D eigenvalue weighted by atomic mass is 10.2. The van der Waals surface area contributed by atoms with Crippen LogP contribution in [0.5, 0.6) is 0 Å². The molecule has 22 heavy (non-hydrogen) atoms. The topological polar surface area (TPSA) is 69.7 Å². The zero-order chi connectivity index (χ0) is 15.9. The molecule has 1 unspecified atom stereocenters. The van der Waals surface area contributed by atoms with Crippen LogP contribution in [-0.2, 0) is 4.79 Å². The highest BCUT2D eigenvalue weighted by Crippen LogP contribution is 2.25. The van der Waals surface area contributed by atoms with Crippen molar-refractivity contribution in [2.75, 3.05) is 19.6 Å². The molecule has 8 heteroatoms. The maximum atomic E-state index is 12.6. The van der Waals surface area contributed by atoms with Gasteiger partial charge in [0.25, 0.3) is 5.91 Å². The highest BCUT2D eigenvalue weighted by molar-refractivity contribution is 9.10. The summed E-state index contributed by atoms with van der Waals surface area (Å²) < 4.78 is 0.769. The SMILES string of the molecule is O=C(c1cc(Br)ccc1Cl)N1CCC(N2C(=O)CNC2=O)C1. The first-order valence-electron chi connectivity index (χ1n) is 6.81. The van der Waals surface area contributed by atoms with E-state index in [9.17, 15) is 14.4 Å². The van der Waals surface area contributed by atoms with Crippen LogP contribution in [0.4, 0.5) is 4.79 Å². The zero-order valence-corrected chi connectivity index (χ0v) is 13.9. The van der Waals surface area contributed by atoms with Crippen LogP contribution in [0.15, 0.2) is 22.7 Å². The van der Waals surface area contributed by atoms with Gasteiger partial charge in [-0.05, 0) is 24.6 Å². The summed E-state index contributed by atoms with van der Waals surface area (Å²) >= 11 is 9.40. The standard InChI is InChI=1S/C14H13BrClN3O3/c15-8-1-2-11(16)10(5-8)13(21)18-4-3-9(7-18)19-12(20)6-17-14(19)22/h1-2,5,9H,3-4,6-7H2,(H,17,22). The van der Waals surface area contributed by atoms with E-state index >= 15 is 0 Å². The first-order chi connectivity index (χ1) is 10.5. The van der Waals surface area contributed by atoms with E-state index in [0.717, 1.165) is 4.47 Å². The first kappa shape index (κ1) is 15.3. The second kappa shape index (κ2) is 5.89. The average Bonchev–Trinajstić information content (AvgIpc) is 3.08. The number of hydrogen-bond donors (Lipinski definition) is 1. The maximum Gasteiger partial charge on any atom is 0.324 e. The third-order valence-electron chi connectivity index (χ3n) is 3.85. The van der Waals surface area contributed by atoms with Gasteiger partial charge in [-0.1, -0.05) is 27.5 Å². The Hall–Kier alpha value is -1.60. The molecule has 1 aromatic rings. The zero-order valence-electron chi connectivity index (χ0n) is 11.5. The molecule has 2 saturated heterocycles. The van der Waals surface area contributed by atoms with E-state index in [4.69, 9.17) is 11.6 Å². The molecule has 2 heterocycles. The molecular formula is C14H13BrClN3O3. The van der Waals surface area contributed by atoms with Crippen molar-refractivity contribution < 1.29 is 14.4 Å². The molecule has 2 fully saturated rings. The van der Waals surface area contributed by atoms with Gasteiger partial charge in [-0.15, -0.1) is 0 Å². The Labute approximate surface area is 140 Å². The average molecular weight is 387 g/mol. The van der Waals surface area contributed by atoms with Crippen molar-refractivity contribution in [3.63, 3.8) is 0 Å². The van der Waals surface area contributed by atoms with Crippen molar-refractivity contribution in [3.05, 3.63) is 33.3 Å². The number of nitrogens with one attached hydrogen (secondary N) is 1. The van der Waals surface area contributed by atoms with Crippen molar-refractivity contribution in [1.29, 1.82) is 0 Å². The molecule has 2 aliphatic heterocycles. The Balaban J connectivity index is 1.75. The molecule has 0 aliphatic carbocycles. The van der Waals surface area contributed by atoms with E-state index in [-0.39, 0.29) is 30.4 Å². The Morgan fingerprint density at radius 3 is 2.82 bits per heavy atom. The lowest BCUT2D eigenvalue weighted by Crippen LogP contribution is -2.42. The molecule has 2 aliphatic rings. The number of halogens is 2. The van der Waals surface area contributed by atoms with Crippen LogP contribution in [0, 0.1) is 0 Å². The number of carbonyl (C=O) groups is 3. The van der Waals surface area contributed by atoms with Gasteiger partial charge in [0.15, 0.2) is 0 Å². The second-order valence-electron chi connectivity index (χ2n) is 5.24. The van der Waals surface area contributed by atoms with Gasteiger partial charge in [0, 0.05) is 17.6 Å². The molecule has 1 aromatic carbocycles. The Kier molecular flexibility index (Phi) is 4.10. The lowest BCUT2D eigenvalue weighted by molar-refractivity contribution is -0.126. The van der Waals surface area contributed by atoms with E-state index in [1.165, 1.54) is 4.90 Å². The van der Waals surface area contributed by atoms with E-state index in [1.54, 1.807) is 23.1 Å². The molecule has 0 bridgehead atoms. The van der Waals surface area contributed by atoms with Crippen molar-refractivity contribution in [1.82, 2.24) is 15.1 Å². The van der Waals surface area contributed by atoms with Crippen LogP contribution in [-0.4, -0.2) is 53.3 Å². The van der Waals surface area contributed by atoms with Gasteiger partial charge in [-0.2, -0.15) is 0 Å². The first-order valence-corrected chi connectivity index (χ1v) is 7.98. The van der Waals surface area contributed by atoms with E-state index in [1.807, 2.05) is 0 Å². The molecule has 0 saturated carbocycles. The summed E-state index contributed by atoms with van der Waals surface area (Å²) in [5.74, 6) is -0.439. The molecule has 0 spiro atoms. The van der Waals surface area contributed by atoms with Gasteiger partial charge in [0.05, 0.1) is 23.2 Å². The minimum atomic E-state index is -0.384. The van der Waals surface area contributed by atoms with Crippen LogP contribution < -0.4 is 5.32 Å². The summed E-state index contributed by atoms with van der Waals surface area (Å²) in [4.78, 5) is 38.8. The second-order valence-corrected chi connectivity index (χ2v) is 6.56. The minimum Gasteiger partial charge on any atom is -0.336 e. The quantitative estimate of drug-likeness (QED) is 0.789. The predicted octanol–water partition coefficient (Wildman–Crippen LogP) is 1.87. The van der Waals surface area contributed by atoms with E-state index in [0.29, 0.717) is 30.1 Å². The van der Waals surface area contributed by atoms with E-state index < -0.39 is 0 Å². The monoisotopic (exact) mass is 385 g/mol. The molecule has 6 nitrogen and oxygen atoms in total. The van der Waals surface area contributed by atoms with Crippen LogP contribution in [0.3, 0.4) is 0 Å². The number of benzene rings is 1. The number of imide groups is 1. The Bertz CT molecular complexity index is 651. The molecule has 4 amide bonds. The highest BCUT2D eigenvalue weighted by atomic mass is 79.9. The highest BCUT2D eigenvalue weighted by Gasteiger charge is 2.39. The summed E-state index contributed by atoms with van der Waals surface area (Å²) in [5, 5.41) is 2.88. The van der Waals surface area contributed by atoms with Crippen LogP contribution >= 0.6 is 27.5 Å². The van der Waals surface area contributed by atoms with Crippen molar-refractivity contribution in [2.45, 2.75) is 12.5 Å². The molecule has 1 N–H and O–H groups in total. The van der Waals surface area contributed by atoms with Crippen LogP contribution in [0.2, 0.25) is 5.02 Å². The molecule has 3 rings (SSSR count). The molecule has 116 valence electrons. The summed E-state index contributed by atoms with van der Waals surface area (Å²) in [5.41, 5.74) is 0.411. The van der Waals surface area contributed by atoms with Gasteiger partial charge in [0.1, 0.15) is 0 Å². The molecule has 0 radical (unpaired) electrons. The summed E-state index contributed by atoms with van der Waals surface area (Å²) in [7, 11) is 0. The largest absolute Gasteiger partial charge is 0.336 e. The smallest absolute Gasteiger partial charge is 0.324 e. The molecular weight excluding hydrogens is 374 g/mol. The van der Waals surface area contributed by atoms with Gasteiger partial charge in [-0.25, -0.2) is 4.79 Å². The fourth-order valence-electron chi connectivity index (χ4n) is 2.77. The summed E-state index contributed by atoms with van der Waals surface area (Å²) in [6.45, 7) is 0.852. The summed E-state index contributed by atoms with van der Waals surface area (Å²) in [6, 6.07) is 4.43. The third kappa shape index (κ3) is 2.70. The maximum absolute atomic E-state index is 12.6. The molecule has 1 atom stereocenters. The van der Waals surface area contributed by atoms with Crippen LogP contribution in [0.1, 0.15) is 16.8 Å². The lowest BCUT2D eigenvalue weighted by Gasteiger charge is -2.21. The fourth-order valence-corrected chi connectivity index (χ4v) is 3.33. The predicted molar refractivity (Wildman–Crippen MR) is 83.7 cm³/mol.